The number of likely N-dealkylation sites (tertiary alicyclic amines) is 1. The molecule has 2 aliphatic rings. The standard InChI is InChI=1S/C18H28N2OS/c1-19-13-14-8-10-20(11-9-14)18(21)17-12-15-6-4-2-3-5-7-16(15)22-17/h12,14,19H,2-11,13H2,1H3. The van der Waals surface area contributed by atoms with Gasteiger partial charge in [-0.2, -0.15) is 0 Å². The molecule has 1 aliphatic heterocycles. The average Bonchev–Trinajstić information content (AvgIpc) is 2.90. The Morgan fingerprint density at radius 3 is 2.68 bits per heavy atom. The number of rotatable bonds is 3. The molecule has 1 aliphatic carbocycles. The van der Waals surface area contributed by atoms with Crippen molar-refractivity contribution in [2.45, 2.75) is 51.4 Å². The second-order valence-electron chi connectivity index (χ2n) is 6.77. The highest BCUT2D eigenvalue weighted by molar-refractivity contribution is 7.14. The van der Waals surface area contributed by atoms with E-state index in [9.17, 15) is 4.79 Å². The number of fused-ring (bicyclic) bond motifs is 1. The molecule has 2 heterocycles. The summed E-state index contributed by atoms with van der Waals surface area (Å²) < 4.78 is 0. The lowest BCUT2D eigenvalue weighted by molar-refractivity contribution is 0.0696. The summed E-state index contributed by atoms with van der Waals surface area (Å²) in [4.78, 5) is 17.3. The van der Waals surface area contributed by atoms with Crippen molar-refractivity contribution in [2.24, 2.45) is 5.92 Å². The number of aryl methyl sites for hydroxylation is 2. The summed E-state index contributed by atoms with van der Waals surface area (Å²) >= 11 is 1.77. The predicted octanol–water partition coefficient (Wildman–Crippen LogP) is 3.48. The number of piperidine rings is 1. The van der Waals surface area contributed by atoms with Crippen LogP contribution in [0.2, 0.25) is 0 Å². The quantitative estimate of drug-likeness (QED) is 0.925. The van der Waals surface area contributed by atoms with Crippen LogP contribution in [0.5, 0.6) is 0 Å². The number of carbonyl (C=O) groups is 1. The van der Waals surface area contributed by atoms with Gasteiger partial charge < -0.3 is 10.2 Å². The summed E-state index contributed by atoms with van der Waals surface area (Å²) in [5, 5.41) is 3.26. The van der Waals surface area contributed by atoms with Gasteiger partial charge in [-0.3, -0.25) is 4.79 Å². The molecule has 1 fully saturated rings. The minimum Gasteiger partial charge on any atom is -0.338 e. The molecule has 22 heavy (non-hydrogen) atoms. The molecule has 1 amide bonds. The van der Waals surface area contributed by atoms with Crippen LogP contribution in [0.25, 0.3) is 0 Å². The van der Waals surface area contributed by atoms with Crippen molar-refractivity contribution in [1.29, 1.82) is 0 Å². The minimum absolute atomic E-state index is 0.277. The molecule has 0 atom stereocenters. The zero-order valence-electron chi connectivity index (χ0n) is 13.7. The molecule has 0 unspecified atom stereocenters. The van der Waals surface area contributed by atoms with Crippen LogP contribution in [0.4, 0.5) is 0 Å². The maximum Gasteiger partial charge on any atom is 0.263 e. The Kier molecular flexibility index (Phi) is 5.53. The number of thiophene rings is 1. The first-order valence-electron chi connectivity index (χ1n) is 8.83. The number of carbonyl (C=O) groups excluding carboxylic acids is 1. The lowest BCUT2D eigenvalue weighted by atomic mass is 9.96. The van der Waals surface area contributed by atoms with Gasteiger partial charge in [0.2, 0.25) is 0 Å². The number of hydrogen-bond donors (Lipinski definition) is 1. The molecule has 1 aromatic heterocycles. The van der Waals surface area contributed by atoms with Crippen molar-refractivity contribution in [3.8, 4) is 0 Å². The van der Waals surface area contributed by atoms with Crippen LogP contribution in [0.3, 0.4) is 0 Å². The Morgan fingerprint density at radius 2 is 1.95 bits per heavy atom. The normalized spacial score (nSPS) is 20.3. The van der Waals surface area contributed by atoms with E-state index in [1.54, 1.807) is 11.3 Å². The van der Waals surface area contributed by atoms with Gasteiger partial charge in [-0.1, -0.05) is 12.8 Å². The summed E-state index contributed by atoms with van der Waals surface area (Å²) in [6, 6.07) is 2.20. The minimum atomic E-state index is 0.277. The molecule has 0 spiro atoms. The van der Waals surface area contributed by atoms with E-state index in [0.29, 0.717) is 0 Å². The van der Waals surface area contributed by atoms with Gasteiger partial charge in [0.15, 0.2) is 0 Å². The van der Waals surface area contributed by atoms with E-state index in [1.807, 2.05) is 7.05 Å². The molecule has 0 radical (unpaired) electrons. The third-order valence-corrected chi connectivity index (χ3v) is 6.33. The Labute approximate surface area is 138 Å². The fourth-order valence-corrected chi connectivity index (χ4v) is 4.96. The topological polar surface area (TPSA) is 32.3 Å². The SMILES string of the molecule is CNCC1CCN(C(=O)c2cc3c(s2)CCCCCC3)CC1. The Balaban J connectivity index is 1.64. The maximum absolute atomic E-state index is 12.8. The van der Waals surface area contributed by atoms with Crippen molar-refractivity contribution in [2.75, 3.05) is 26.7 Å². The second-order valence-corrected chi connectivity index (χ2v) is 7.90. The molecule has 1 saturated heterocycles. The van der Waals surface area contributed by atoms with Gasteiger partial charge in [-0.25, -0.2) is 0 Å². The van der Waals surface area contributed by atoms with E-state index in [4.69, 9.17) is 0 Å². The molecular weight excluding hydrogens is 292 g/mol. The van der Waals surface area contributed by atoms with Crippen LogP contribution < -0.4 is 5.32 Å². The van der Waals surface area contributed by atoms with E-state index in [-0.39, 0.29) is 5.91 Å². The lowest BCUT2D eigenvalue weighted by Crippen LogP contribution is -2.40. The third-order valence-electron chi connectivity index (χ3n) is 5.10. The molecule has 1 aromatic rings. The lowest BCUT2D eigenvalue weighted by Gasteiger charge is -2.31. The van der Waals surface area contributed by atoms with E-state index >= 15 is 0 Å². The van der Waals surface area contributed by atoms with Crippen LogP contribution >= 0.6 is 11.3 Å². The second kappa shape index (κ2) is 7.60. The van der Waals surface area contributed by atoms with Gasteiger partial charge in [0.25, 0.3) is 5.91 Å². The molecule has 122 valence electrons. The van der Waals surface area contributed by atoms with Crippen LogP contribution in [0.15, 0.2) is 6.07 Å². The Hall–Kier alpha value is -0.870. The highest BCUT2D eigenvalue weighted by atomic mass is 32.1. The number of hydrogen-bond acceptors (Lipinski definition) is 3. The van der Waals surface area contributed by atoms with Gasteiger partial charge in [0.05, 0.1) is 4.88 Å². The van der Waals surface area contributed by atoms with Crippen LogP contribution in [-0.2, 0) is 12.8 Å². The van der Waals surface area contributed by atoms with Gasteiger partial charge in [0, 0.05) is 18.0 Å². The van der Waals surface area contributed by atoms with Crippen molar-refractivity contribution in [3.05, 3.63) is 21.4 Å². The number of nitrogens with one attached hydrogen (secondary N) is 1. The van der Waals surface area contributed by atoms with Gasteiger partial charge in [0.1, 0.15) is 0 Å². The molecule has 3 rings (SSSR count). The first-order chi connectivity index (χ1) is 10.8. The van der Waals surface area contributed by atoms with Crippen LogP contribution in [-0.4, -0.2) is 37.5 Å². The first-order valence-corrected chi connectivity index (χ1v) is 9.65. The van der Waals surface area contributed by atoms with Gasteiger partial charge in [-0.05, 0) is 69.7 Å². The largest absolute Gasteiger partial charge is 0.338 e. The van der Waals surface area contributed by atoms with Crippen molar-refractivity contribution >= 4 is 17.2 Å². The molecule has 0 aromatic carbocycles. The summed E-state index contributed by atoms with van der Waals surface area (Å²) in [6.07, 6.45) is 9.89. The molecule has 1 N–H and O–H groups in total. The fraction of sp³-hybridized carbons (Fsp3) is 0.722. The molecule has 3 nitrogen and oxygen atoms in total. The third kappa shape index (κ3) is 3.72. The zero-order valence-corrected chi connectivity index (χ0v) is 14.5. The van der Waals surface area contributed by atoms with E-state index in [1.165, 1.54) is 49.0 Å². The fourth-order valence-electron chi connectivity index (χ4n) is 3.73. The maximum atomic E-state index is 12.8. The van der Waals surface area contributed by atoms with Crippen molar-refractivity contribution in [3.63, 3.8) is 0 Å². The highest BCUT2D eigenvalue weighted by Crippen LogP contribution is 2.30. The molecule has 0 saturated carbocycles. The zero-order chi connectivity index (χ0) is 15.4. The molecule has 0 bridgehead atoms. The van der Waals surface area contributed by atoms with Gasteiger partial charge in [-0.15, -0.1) is 11.3 Å². The number of amides is 1. The monoisotopic (exact) mass is 320 g/mol. The smallest absolute Gasteiger partial charge is 0.263 e. The summed E-state index contributed by atoms with van der Waals surface area (Å²) in [6.45, 7) is 2.93. The molecular formula is C18H28N2OS. The van der Waals surface area contributed by atoms with Crippen molar-refractivity contribution < 1.29 is 4.79 Å². The van der Waals surface area contributed by atoms with Crippen LogP contribution in [0, 0.1) is 5.92 Å². The van der Waals surface area contributed by atoms with E-state index in [0.717, 1.165) is 43.3 Å². The summed E-state index contributed by atoms with van der Waals surface area (Å²) in [5.41, 5.74) is 1.46. The number of nitrogens with zero attached hydrogens (tertiary/aromatic N) is 1. The van der Waals surface area contributed by atoms with Gasteiger partial charge >= 0.3 is 0 Å². The summed E-state index contributed by atoms with van der Waals surface area (Å²) in [5.74, 6) is 1.01. The predicted molar refractivity (Wildman–Crippen MR) is 92.7 cm³/mol. The Bertz CT molecular complexity index is 478. The van der Waals surface area contributed by atoms with E-state index in [2.05, 4.69) is 16.3 Å². The van der Waals surface area contributed by atoms with E-state index < -0.39 is 0 Å². The van der Waals surface area contributed by atoms with Crippen LogP contribution in [0.1, 0.15) is 58.6 Å². The molecule has 4 heteroatoms. The first kappa shape index (κ1) is 16.0. The average molecular weight is 321 g/mol. The highest BCUT2D eigenvalue weighted by Gasteiger charge is 2.25. The Morgan fingerprint density at radius 1 is 1.23 bits per heavy atom. The summed E-state index contributed by atoms with van der Waals surface area (Å²) in [7, 11) is 2.01. The van der Waals surface area contributed by atoms with Crippen molar-refractivity contribution in [1.82, 2.24) is 10.2 Å².